The lowest BCUT2D eigenvalue weighted by Gasteiger charge is -2.39. The molecule has 0 radical (unpaired) electrons. The van der Waals surface area contributed by atoms with Gasteiger partial charge in [0.15, 0.2) is 0 Å². The fraction of sp³-hybridized carbons (Fsp3) is 0.824. The van der Waals surface area contributed by atoms with E-state index in [9.17, 15) is 4.79 Å². The molecule has 0 saturated heterocycles. The maximum atomic E-state index is 11.7. The first-order chi connectivity index (χ1) is 9.90. The minimum Gasteiger partial charge on any atom is -0.459 e. The van der Waals surface area contributed by atoms with Crippen LogP contribution in [0.25, 0.3) is 0 Å². The van der Waals surface area contributed by atoms with Gasteiger partial charge in [-0.15, -0.1) is 0 Å². The van der Waals surface area contributed by atoms with Crippen molar-refractivity contribution in [1.82, 2.24) is 0 Å². The van der Waals surface area contributed by atoms with E-state index in [4.69, 9.17) is 9.16 Å². The Hall–Kier alpha value is -0.613. The summed E-state index contributed by atoms with van der Waals surface area (Å²) in [4.78, 5) is 11.7. The van der Waals surface area contributed by atoms with Gasteiger partial charge in [-0.3, -0.25) is 0 Å². The molecular weight excluding hydrogens is 280 g/mol. The highest BCUT2D eigenvalue weighted by molar-refractivity contribution is 5.98. The molecule has 0 bridgehead atoms. The first-order valence-electron chi connectivity index (χ1n) is 8.32. The molecule has 4 heteroatoms. The summed E-state index contributed by atoms with van der Waals surface area (Å²) in [6.45, 7) is 14.0. The van der Waals surface area contributed by atoms with Gasteiger partial charge in [-0.25, -0.2) is 4.79 Å². The maximum absolute atomic E-state index is 11.7. The van der Waals surface area contributed by atoms with Crippen molar-refractivity contribution in [2.24, 2.45) is 5.92 Å². The highest BCUT2D eigenvalue weighted by Crippen LogP contribution is 2.35. The molecule has 21 heavy (non-hydrogen) atoms. The predicted molar refractivity (Wildman–Crippen MR) is 92.3 cm³/mol. The van der Waals surface area contributed by atoms with Gasteiger partial charge in [0.25, 0.3) is 0 Å². The molecule has 0 heterocycles. The summed E-state index contributed by atoms with van der Waals surface area (Å²) in [6, 6.07) is 0. The van der Waals surface area contributed by atoms with Crippen molar-refractivity contribution >= 4 is 16.5 Å². The van der Waals surface area contributed by atoms with Crippen molar-refractivity contribution < 1.29 is 14.0 Å². The van der Waals surface area contributed by atoms with Gasteiger partial charge in [0.05, 0.1) is 5.60 Å². The van der Waals surface area contributed by atoms with Crippen molar-refractivity contribution in [2.75, 3.05) is 0 Å². The van der Waals surface area contributed by atoms with Crippen molar-refractivity contribution in [3.05, 3.63) is 12.2 Å². The second-order valence-corrected chi connectivity index (χ2v) is 6.28. The fourth-order valence-electron chi connectivity index (χ4n) is 3.11. The molecule has 0 aromatic carbocycles. The van der Waals surface area contributed by atoms with E-state index in [0.717, 1.165) is 49.0 Å². The molecule has 0 N–H and O–H groups in total. The Morgan fingerprint density at radius 1 is 1.14 bits per heavy atom. The van der Waals surface area contributed by atoms with Gasteiger partial charge in [-0.1, -0.05) is 40.7 Å². The van der Waals surface area contributed by atoms with Crippen LogP contribution in [0.5, 0.6) is 0 Å². The first kappa shape index (κ1) is 20.4. The zero-order valence-corrected chi connectivity index (χ0v) is 16.8. The van der Waals surface area contributed by atoms with Gasteiger partial charge >= 0.3 is 5.97 Å². The summed E-state index contributed by atoms with van der Waals surface area (Å²) >= 11 is 0. The smallest absolute Gasteiger partial charge is 0.333 e. The molecule has 2 atom stereocenters. The molecule has 124 valence electrons. The molecule has 0 aliphatic rings. The number of esters is 1. The van der Waals surface area contributed by atoms with E-state index in [0.29, 0.717) is 11.5 Å². The number of carbonyl (C=O) groups excluding carboxylic acids is 1. The van der Waals surface area contributed by atoms with Crippen LogP contribution in [-0.2, 0) is 14.0 Å². The Labute approximate surface area is 134 Å². The van der Waals surface area contributed by atoms with Gasteiger partial charge in [-0.2, -0.15) is 0 Å². The third kappa shape index (κ3) is 5.95. The van der Waals surface area contributed by atoms with Gasteiger partial charge in [0.2, 0.25) is 0 Å². The molecule has 0 aliphatic heterocycles. The normalized spacial score (nSPS) is 14.7. The predicted octanol–water partition coefficient (Wildman–Crippen LogP) is 3.55. The molecular formula is C17H34O3Si. The lowest BCUT2D eigenvalue weighted by molar-refractivity contribution is -0.145. The number of hydrogen-bond donors (Lipinski definition) is 0. The minimum atomic E-state index is -0.272. The van der Waals surface area contributed by atoms with Crippen molar-refractivity contribution in [2.45, 2.75) is 84.8 Å². The zero-order chi connectivity index (χ0) is 16.5. The van der Waals surface area contributed by atoms with Crippen molar-refractivity contribution in [1.29, 1.82) is 0 Å². The maximum Gasteiger partial charge on any atom is 0.333 e. The van der Waals surface area contributed by atoms with Gasteiger partial charge in [0.1, 0.15) is 16.6 Å². The zero-order valence-electron chi connectivity index (χ0n) is 14.8. The molecule has 3 nitrogen and oxygen atoms in total. The molecule has 0 spiro atoms. The Balaban J connectivity index is 4.68. The summed E-state index contributed by atoms with van der Waals surface area (Å²) in [6.07, 6.45) is 5.99. The summed E-state index contributed by atoms with van der Waals surface area (Å²) in [5, 5.41) is 0. The number of rotatable bonds is 11. The molecule has 0 fully saturated rings. The van der Waals surface area contributed by atoms with Crippen molar-refractivity contribution in [3.8, 4) is 0 Å². The third-order valence-electron chi connectivity index (χ3n) is 4.75. The van der Waals surface area contributed by atoms with Crippen LogP contribution in [0.15, 0.2) is 12.2 Å². The van der Waals surface area contributed by atoms with Crippen LogP contribution in [0.3, 0.4) is 0 Å². The van der Waals surface area contributed by atoms with Gasteiger partial charge in [0, 0.05) is 5.57 Å². The van der Waals surface area contributed by atoms with Crippen LogP contribution in [0.2, 0.25) is 0 Å². The Bertz CT molecular complexity index is 316. The quantitative estimate of drug-likeness (QED) is 0.332. The van der Waals surface area contributed by atoms with E-state index >= 15 is 0 Å². The van der Waals surface area contributed by atoms with E-state index in [2.05, 4.69) is 34.3 Å². The van der Waals surface area contributed by atoms with E-state index < -0.39 is 0 Å². The number of carbonyl (C=O) groups is 1. The molecule has 0 aliphatic carbocycles. The second kappa shape index (κ2) is 10.2. The van der Waals surface area contributed by atoms with Crippen LogP contribution in [0, 0.1) is 5.92 Å². The lowest BCUT2D eigenvalue weighted by Crippen LogP contribution is -2.39. The Morgan fingerprint density at radius 3 is 2.05 bits per heavy atom. The van der Waals surface area contributed by atoms with Crippen LogP contribution in [0.4, 0.5) is 0 Å². The first-order valence-corrected chi connectivity index (χ1v) is 9.13. The standard InChI is InChI=1S/C17H34O3Si/c1-7-14(17(9-3,10-4)20-21)11-12-15(8-2)19-16(18)13(5)6/h14-15H,5,7-12H2,1-4,6,21H3. The average molecular weight is 315 g/mol. The lowest BCUT2D eigenvalue weighted by atomic mass is 9.78. The molecule has 0 aromatic heterocycles. The second-order valence-electron chi connectivity index (χ2n) is 5.87. The number of hydrogen-bond acceptors (Lipinski definition) is 3. The largest absolute Gasteiger partial charge is 0.459 e. The average Bonchev–Trinajstić information content (AvgIpc) is 2.50. The van der Waals surface area contributed by atoms with Crippen LogP contribution in [-0.4, -0.2) is 28.2 Å². The highest BCUT2D eigenvalue weighted by Gasteiger charge is 2.34. The third-order valence-corrected chi connectivity index (χ3v) is 5.57. The number of ether oxygens (including phenoxy) is 1. The van der Waals surface area contributed by atoms with Crippen LogP contribution in [0.1, 0.15) is 73.1 Å². The fourth-order valence-corrected chi connectivity index (χ4v) is 4.02. The molecule has 0 aromatic rings. The van der Waals surface area contributed by atoms with E-state index in [1.807, 2.05) is 0 Å². The van der Waals surface area contributed by atoms with E-state index in [1.54, 1.807) is 6.92 Å². The molecule has 0 amide bonds. The summed E-state index contributed by atoms with van der Waals surface area (Å²) in [5.74, 6) is 0.258. The highest BCUT2D eigenvalue weighted by atomic mass is 28.2. The SMILES string of the molecule is C=C(C)C(=O)OC(CC)CCC(CC)C(CC)(CC)O[SiH3]. The topological polar surface area (TPSA) is 35.5 Å². The molecule has 0 rings (SSSR count). The summed E-state index contributed by atoms with van der Waals surface area (Å²) < 4.78 is 11.5. The molecule has 2 unspecified atom stereocenters. The Kier molecular flexibility index (Phi) is 9.87. The summed E-state index contributed by atoms with van der Waals surface area (Å²) in [5.41, 5.74) is 0.484. The molecule has 0 saturated carbocycles. The monoisotopic (exact) mass is 314 g/mol. The van der Waals surface area contributed by atoms with Crippen LogP contribution >= 0.6 is 0 Å². The van der Waals surface area contributed by atoms with E-state index in [1.165, 1.54) is 0 Å². The van der Waals surface area contributed by atoms with Gasteiger partial charge in [-0.05, 0) is 44.9 Å². The van der Waals surface area contributed by atoms with Crippen molar-refractivity contribution in [3.63, 3.8) is 0 Å². The van der Waals surface area contributed by atoms with Crippen LogP contribution < -0.4 is 0 Å². The van der Waals surface area contributed by atoms with Gasteiger partial charge < -0.3 is 9.16 Å². The Morgan fingerprint density at radius 2 is 1.71 bits per heavy atom. The van der Waals surface area contributed by atoms with E-state index in [-0.39, 0.29) is 17.7 Å². The summed E-state index contributed by atoms with van der Waals surface area (Å²) in [7, 11) is 0.771. The minimum absolute atomic E-state index is 0.0104.